The van der Waals surface area contributed by atoms with Gasteiger partial charge in [0, 0.05) is 24.9 Å². The number of benzene rings is 4. The van der Waals surface area contributed by atoms with E-state index < -0.39 is 8.56 Å². The third kappa shape index (κ3) is 3.70. The monoisotopic (exact) mass is 476 g/mol. The normalized spacial score (nSPS) is 15.3. The van der Waals surface area contributed by atoms with Gasteiger partial charge in [-0.15, -0.1) is 0 Å². The first-order chi connectivity index (χ1) is 17.2. The van der Waals surface area contributed by atoms with Crippen LogP contribution in [-0.4, -0.2) is 22.8 Å². The average molecular weight is 477 g/mol. The minimum atomic E-state index is -2.69. The van der Waals surface area contributed by atoms with Gasteiger partial charge in [0.25, 0.3) is 0 Å². The second-order valence-corrected chi connectivity index (χ2v) is 13.3. The molecule has 0 radical (unpaired) electrons. The highest BCUT2D eigenvalue weighted by Crippen LogP contribution is 2.45. The van der Waals surface area contributed by atoms with Crippen molar-refractivity contribution in [1.29, 1.82) is 0 Å². The molecule has 4 aromatic carbocycles. The standard InChI is InChI=1S/C32H32O2Si/c1-33-35(34-2,27-15-9-10-16-27)32-29(24-13-7-4-8-14-24)19-20-30-28-18-17-25(21-26(28)22-31(30)32)23-11-5-3-6-12-23/h3-8,11-14,17-21,27H,9-10,15-16,22H2,1-2H3. The van der Waals surface area contributed by atoms with E-state index in [0.717, 1.165) is 6.42 Å². The molecule has 0 aliphatic heterocycles. The van der Waals surface area contributed by atoms with Crippen LogP contribution in [0, 0.1) is 0 Å². The molecule has 0 saturated heterocycles. The maximum absolute atomic E-state index is 6.55. The summed E-state index contributed by atoms with van der Waals surface area (Å²) in [5.41, 5.74) is 11.1. The zero-order valence-electron chi connectivity index (χ0n) is 20.6. The summed E-state index contributed by atoms with van der Waals surface area (Å²) in [5, 5.41) is 1.36. The lowest BCUT2D eigenvalue weighted by molar-refractivity contribution is 0.244. The van der Waals surface area contributed by atoms with E-state index in [4.69, 9.17) is 8.85 Å². The molecule has 4 aromatic rings. The van der Waals surface area contributed by atoms with E-state index in [1.807, 2.05) is 14.2 Å². The lowest BCUT2D eigenvalue weighted by Crippen LogP contribution is -2.57. The summed E-state index contributed by atoms with van der Waals surface area (Å²) in [6.45, 7) is 0. The lowest BCUT2D eigenvalue weighted by atomic mass is 9.98. The molecule has 0 spiro atoms. The van der Waals surface area contributed by atoms with Crippen molar-refractivity contribution >= 4 is 13.7 Å². The summed E-state index contributed by atoms with van der Waals surface area (Å²) in [6.07, 6.45) is 5.84. The molecule has 3 heteroatoms. The molecule has 0 aromatic heterocycles. The van der Waals surface area contributed by atoms with E-state index in [1.165, 1.54) is 75.4 Å². The minimum absolute atomic E-state index is 0.482. The van der Waals surface area contributed by atoms with Crippen LogP contribution in [0.4, 0.5) is 0 Å². The third-order valence-electron chi connectivity index (χ3n) is 8.12. The molecule has 35 heavy (non-hydrogen) atoms. The lowest BCUT2D eigenvalue weighted by Gasteiger charge is -2.36. The fourth-order valence-electron chi connectivity index (χ4n) is 6.47. The van der Waals surface area contributed by atoms with Gasteiger partial charge in [0.15, 0.2) is 0 Å². The van der Waals surface area contributed by atoms with E-state index in [9.17, 15) is 0 Å². The average Bonchev–Trinajstić information content (AvgIpc) is 3.59. The Hall–Kier alpha value is -2.98. The molecule has 6 rings (SSSR count). The Bertz CT molecular complexity index is 1340. The summed E-state index contributed by atoms with van der Waals surface area (Å²) in [7, 11) is 1.09. The first-order valence-corrected chi connectivity index (χ1v) is 14.7. The van der Waals surface area contributed by atoms with Crippen molar-refractivity contribution in [2.45, 2.75) is 37.6 Å². The molecule has 176 valence electrons. The Morgan fingerprint density at radius 3 is 1.89 bits per heavy atom. The first-order valence-electron chi connectivity index (χ1n) is 12.8. The van der Waals surface area contributed by atoms with Gasteiger partial charge < -0.3 is 8.85 Å². The molecule has 0 unspecified atom stereocenters. The van der Waals surface area contributed by atoms with Gasteiger partial charge in [-0.1, -0.05) is 104 Å². The minimum Gasteiger partial charge on any atom is -0.394 e. The molecule has 0 amide bonds. The van der Waals surface area contributed by atoms with Gasteiger partial charge in [0.1, 0.15) is 0 Å². The molecule has 0 N–H and O–H groups in total. The van der Waals surface area contributed by atoms with Gasteiger partial charge >= 0.3 is 8.56 Å². The highest BCUT2D eigenvalue weighted by molar-refractivity contribution is 6.84. The molecule has 0 atom stereocenters. The van der Waals surface area contributed by atoms with Crippen molar-refractivity contribution in [3.8, 4) is 33.4 Å². The Labute approximate surface area is 209 Å². The van der Waals surface area contributed by atoms with Crippen molar-refractivity contribution in [3.63, 3.8) is 0 Å². The number of hydrogen-bond acceptors (Lipinski definition) is 2. The van der Waals surface area contributed by atoms with Crippen LogP contribution in [0.15, 0.2) is 91.0 Å². The van der Waals surface area contributed by atoms with Crippen LogP contribution >= 0.6 is 0 Å². The van der Waals surface area contributed by atoms with Gasteiger partial charge in [0.05, 0.1) is 0 Å². The maximum atomic E-state index is 6.55. The van der Waals surface area contributed by atoms with Gasteiger partial charge in [-0.25, -0.2) is 0 Å². The zero-order valence-corrected chi connectivity index (χ0v) is 21.6. The van der Waals surface area contributed by atoms with Crippen LogP contribution in [0.3, 0.4) is 0 Å². The predicted octanol–water partition coefficient (Wildman–Crippen LogP) is 7.48. The second-order valence-electron chi connectivity index (χ2n) is 9.85. The SMILES string of the molecule is CO[Si](OC)(c1c(-c2ccccc2)ccc2c1Cc1cc(-c3ccccc3)ccc1-2)C1CCCC1. The maximum Gasteiger partial charge on any atom is 0.376 e. The Morgan fingerprint density at radius 1 is 0.629 bits per heavy atom. The number of hydrogen-bond donors (Lipinski definition) is 0. The highest BCUT2D eigenvalue weighted by atomic mass is 28.4. The smallest absolute Gasteiger partial charge is 0.376 e. The predicted molar refractivity (Wildman–Crippen MR) is 147 cm³/mol. The van der Waals surface area contributed by atoms with Gasteiger partial charge in [-0.05, 0) is 63.8 Å². The van der Waals surface area contributed by atoms with E-state index in [-0.39, 0.29) is 0 Å². The molecular weight excluding hydrogens is 444 g/mol. The van der Waals surface area contributed by atoms with Crippen molar-refractivity contribution in [2.75, 3.05) is 14.2 Å². The van der Waals surface area contributed by atoms with Crippen LogP contribution in [0.1, 0.15) is 36.8 Å². The van der Waals surface area contributed by atoms with Gasteiger partial charge in [-0.3, -0.25) is 0 Å². The van der Waals surface area contributed by atoms with Crippen LogP contribution in [0.2, 0.25) is 5.54 Å². The second kappa shape index (κ2) is 9.23. The summed E-state index contributed by atoms with van der Waals surface area (Å²) in [4.78, 5) is 0. The quantitative estimate of drug-likeness (QED) is 0.237. The van der Waals surface area contributed by atoms with E-state index >= 15 is 0 Å². The molecule has 2 nitrogen and oxygen atoms in total. The summed E-state index contributed by atoms with van der Waals surface area (Å²) in [6, 6.07) is 33.1. The fraction of sp³-hybridized carbons (Fsp3) is 0.250. The van der Waals surface area contributed by atoms with Gasteiger partial charge in [-0.2, -0.15) is 0 Å². The number of rotatable bonds is 6. The van der Waals surface area contributed by atoms with E-state index in [2.05, 4.69) is 91.0 Å². The molecule has 1 fully saturated rings. The first kappa shape index (κ1) is 22.5. The fourth-order valence-corrected chi connectivity index (χ4v) is 10.5. The molecule has 2 aliphatic carbocycles. The van der Waals surface area contributed by atoms with Crippen LogP contribution in [-0.2, 0) is 15.3 Å². The molecule has 0 heterocycles. The van der Waals surface area contributed by atoms with E-state index in [1.54, 1.807) is 0 Å². The van der Waals surface area contributed by atoms with Crippen LogP contribution in [0.25, 0.3) is 33.4 Å². The van der Waals surface area contributed by atoms with Crippen LogP contribution in [0.5, 0.6) is 0 Å². The Balaban J connectivity index is 1.56. The number of fused-ring (bicyclic) bond motifs is 3. The topological polar surface area (TPSA) is 18.5 Å². The van der Waals surface area contributed by atoms with Gasteiger partial charge in [0.2, 0.25) is 0 Å². The summed E-state index contributed by atoms with van der Waals surface area (Å²) in [5.74, 6) is 0. The zero-order chi connectivity index (χ0) is 23.8. The Kier molecular flexibility index (Phi) is 5.93. The third-order valence-corrected chi connectivity index (χ3v) is 12.2. The summed E-state index contributed by atoms with van der Waals surface area (Å²) < 4.78 is 13.1. The molecule has 1 saturated carbocycles. The largest absolute Gasteiger partial charge is 0.394 e. The van der Waals surface area contributed by atoms with Crippen LogP contribution < -0.4 is 5.19 Å². The molecular formula is C32H32O2Si. The van der Waals surface area contributed by atoms with Crippen molar-refractivity contribution in [2.24, 2.45) is 0 Å². The van der Waals surface area contributed by atoms with Crippen molar-refractivity contribution in [3.05, 3.63) is 102 Å². The van der Waals surface area contributed by atoms with Crippen molar-refractivity contribution in [1.82, 2.24) is 0 Å². The molecule has 0 bridgehead atoms. The van der Waals surface area contributed by atoms with E-state index in [0.29, 0.717) is 5.54 Å². The highest BCUT2D eigenvalue weighted by Gasteiger charge is 2.51. The Morgan fingerprint density at radius 2 is 1.23 bits per heavy atom. The summed E-state index contributed by atoms with van der Waals surface area (Å²) >= 11 is 0. The molecule has 2 aliphatic rings. The van der Waals surface area contributed by atoms with Crippen molar-refractivity contribution < 1.29 is 8.85 Å².